The number of carbonyl (C=O) groups excluding carboxylic acids is 1. The van der Waals surface area contributed by atoms with Crippen LogP contribution < -0.4 is 16.9 Å². The number of pyridine rings is 1. The summed E-state index contributed by atoms with van der Waals surface area (Å²) in [6.07, 6.45) is 9.60. The standard InChI is InChI=1S/C18H23ClN8O3.C8H16/c1-9-5-12(29-2)3-4-27(9)26-16-13(20)14(10-6-11(19)8-23-7-10)24-17(25-16)15(21)30-18(22)28;1-7-3-5-8(2)6-4-7/h6-9,12,21H,3-5,20H2,1-2H3,(H2,22,28)(H,24,25,26);7-8H,3-6H2,1-2H3. The van der Waals surface area contributed by atoms with E-state index in [0.717, 1.165) is 24.7 Å². The van der Waals surface area contributed by atoms with Crippen LogP contribution in [0.2, 0.25) is 5.02 Å². The SMILES string of the molecule is CC1CCC(C)CC1.COC1CCN(Nc2nc(C(=N)OC(N)=O)nc(-c3cncc(Cl)c3)c2N)C(C)C1. The van der Waals surface area contributed by atoms with E-state index in [2.05, 4.69) is 45.9 Å². The number of hydrazine groups is 1. The van der Waals surface area contributed by atoms with E-state index in [1.54, 1.807) is 13.2 Å². The van der Waals surface area contributed by atoms with Gasteiger partial charge in [0.2, 0.25) is 5.82 Å². The number of piperidine rings is 1. The molecule has 38 heavy (non-hydrogen) atoms. The molecule has 2 atom stereocenters. The normalized spacial score (nSPS) is 23.6. The van der Waals surface area contributed by atoms with Gasteiger partial charge in [0.05, 0.1) is 11.1 Å². The first-order chi connectivity index (χ1) is 18.1. The van der Waals surface area contributed by atoms with Crippen molar-refractivity contribution < 1.29 is 14.3 Å². The van der Waals surface area contributed by atoms with Gasteiger partial charge in [-0.3, -0.25) is 10.4 Å². The van der Waals surface area contributed by atoms with Crippen LogP contribution in [0.15, 0.2) is 18.5 Å². The molecule has 0 radical (unpaired) electrons. The van der Waals surface area contributed by atoms with E-state index in [9.17, 15) is 4.79 Å². The first-order valence-electron chi connectivity index (χ1n) is 13.0. The topological polar surface area (TPSA) is 165 Å². The zero-order valence-corrected chi connectivity index (χ0v) is 23.3. The van der Waals surface area contributed by atoms with Gasteiger partial charge >= 0.3 is 6.09 Å². The maximum Gasteiger partial charge on any atom is 0.411 e. The molecule has 2 aromatic rings. The van der Waals surface area contributed by atoms with Crippen molar-refractivity contribution in [3.63, 3.8) is 0 Å². The Morgan fingerprint density at radius 2 is 1.79 bits per heavy atom. The van der Waals surface area contributed by atoms with Crippen molar-refractivity contribution >= 4 is 35.1 Å². The maximum absolute atomic E-state index is 11.1. The Hall–Kier alpha value is -3.02. The van der Waals surface area contributed by atoms with E-state index < -0.39 is 12.0 Å². The number of amides is 1. The van der Waals surface area contributed by atoms with Crippen molar-refractivity contribution in [3.05, 3.63) is 29.3 Å². The Balaban J connectivity index is 0.000000427. The van der Waals surface area contributed by atoms with E-state index in [1.807, 2.05) is 5.01 Å². The first kappa shape index (κ1) is 29.5. The fraction of sp³-hybridized carbons (Fsp3) is 0.577. The summed E-state index contributed by atoms with van der Waals surface area (Å²) in [5.41, 5.74) is 15.6. The maximum atomic E-state index is 11.1. The van der Waals surface area contributed by atoms with Crippen LogP contribution in [0.5, 0.6) is 0 Å². The predicted molar refractivity (Wildman–Crippen MR) is 149 cm³/mol. The molecule has 1 saturated carbocycles. The molecule has 6 N–H and O–H groups in total. The number of halogens is 1. The lowest BCUT2D eigenvalue weighted by molar-refractivity contribution is 0.0250. The third-order valence-corrected chi connectivity index (χ3v) is 7.25. The van der Waals surface area contributed by atoms with E-state index >= 15 is 0 Å². The molecular formula is C26H39ClN8O3. The summed E-state index contributed by atoms with van der Waals surface area (Å²) >= 11 is 6.05. The molecule has 0 bridgehead atoms. The molecule has 11 nitrogen and oxygen atoms in total. The fourth-order valence-electron chi connectivity index (χ4n) is 4.64. The van der Waals surface area contributed by atoms with E-state index in [0.29, 0.717) is 17.1 Å². The molecule has 1 aliphatic carbocycles. The third kappa shape index (κ3) is 8.24. The van der Waals surface area contributed by atoms with E-state index in [-0.39, 0.29) is 35.2 Å². The van der Waals surface area contributed by atoms with E-state index in [1.165, 1.54) is 38.1 Å². The minimum Gasteiger partial charge on any atom is -0.394 e. The number of nitrogens with zero attached hydrogens (tertiary/aromatic N) is 4. The number of nitrogens with two attached hydrogens (primary N) is 2. The third-order valence-electron chi connectivity index (χ3n) is 7.05. The predicted octanol–water partition coefficient (Wildman–Crippen LogP) is 4.85. The van der Waals surface area contributed by atoms with Gasteiger partial charge in [0, 0.05) is 37.7 Å². The highest BCUT2D eigenvalue weighted by Crippen LogP contribution is 2.31. The molecule has 2 unspecified atom stereocenters. The Morgan fingerprint density at radius 3 is 2.34 bits per heavy atom. The average molecular weight is 547 g/mol. The highest BCUT2D eigenvalue weighted by Gasteiger charge is 2.27. The Morgan fingerprint density at radius 1 is 1.13 bits per heavy atom. The van der Waals surface area contributed by atoms with Crippen molar-refractivity contribution in [2.24, 2.45) is 17.6 Å². The van der Waals surface area contributed by atoms with Gasteiger partial charge < -0.3 is 26.4 Å². The average Bonchev–Trinajstić information content (AvgIpc) is 2.88. The second-order valence-corrected chi connectivity index (χ2v) is 10.6. The van der Waals surface area contributed by atoms with Crippen LogP contribution in [0.1, 0.15) is 65.1 Å². The zero-order chi connectivity index (χ0) is 27.8. The molecule has 2 aromatic heterocycles. The number of carbonyl (C=O) groups is 1. The van der Waals surface area contributed by atoms with Gasteiger partial charge in [0.25, 0.3) is 5.90 Å². The molecule has 1 amide bonds. The lowest BCUT2D eigenvalue weighted by Gasteiger charge is -2.37. The van der Waals surface area contributed by atoms with Crippen LogP contribution in [0.25, 0.3) is 11.3 Å². The number of ether oxygens (including phenoxy) is 2. The number of nitrogens with one attached hydrogen (secondary N) is 2. The largest absolute Gasteiger partial charge is 0.411 e. The van der Waals surface area contributed by atoms with Crippen molar-refractivity contribution in [3.8, 4) is 11.3 Å². The summed E-state index contributed by atoms with van der Waals surface area (Å²) in [4.78, 5) is 23.7. The number of aromatic nitrogens is 3. The molecule has 4 rings (SSSR count). The summed E-state index contributed by atoms with van der Waals surface area (Å²) in [6.45, 7) is 7.48. The zero-order valence-electron chi connectivity index (χ0n) is 22.5. The summed E-state index contributed by atoms with van der Waals surface area (Å²) in [6, 6.07) is 1.77. The van der Waals surface area contributed by atoms with E-state index in [4.69, 9.17) is 33.2 Å². The summed E-state index contributed by atoms with van der Waals surface area (Å²) in [5, 5.41) is 10.3. The molecule has 0 aromatic carbocycles. The second-order valence-electron chi connectivity index (χ2n) is 10.2. The Bertz CT molecular complexity index is 1100. The van der Waals surface area contributed by atoms with Gasteiger partial charge in [-0.05, 0) is 37.7 Å². The van der Waals surface area contributed by atoms with Crippen LogP contribution in [-0.2, 0) is 9.47 Å². The number of nitrogen functional groups attached to an aromatic ring is 1. The minimum atomic E-state index is -1.14. The lowest BCUT2D eigenvalue weighted by atomic mass is 9.84. The minimum absolute atomic E-state index is 0.138. The van der Waals surface area contributed by atoms with Crippen LogP contribution in [0.4, 0.5) is 16.3 Å². The van der Waals surface area contributed by atoms with Crippen LogP contribution in [0, 0.1) is 17.2 Å². The fourth-order valence-corrected chi connectivity index (χ4v) is 4.81. The van der Waals surface area contributed by atoms with Crippen molar-refractivity contribution in [1.82, 2.24) is 20.0 Å². The Kier molecular flexibility index (Phi) is 10.6. The van der Waals surface area contributed by atoms with Crippen molar-refractivity contribution in [2.45, 2.75) is 71.4 Å². The molecular weight excluding hydrogens is 508 g/mol. The van der Waals surface area contributed by atoms with Gasteiger partial charge in [-0.25, -0.2) is 19.8 Å². The molecule has 2 fully saturated rings. The van der Waals surface area contributed by atoms with Gasteiger partial charge in [-0.1, -0.05) is 51.1 Å². The van der Waals surface area contributed by atoms with Crippen LogP contribution >= 0.6 is 11.6 Å². The summed E-state index contributed by atoms with van der Waals surface area (Å²) in [7, 11) is 1.70. The van der Waals surface area contributed by atoms with Gasteiger partial charge in [-0.2, -0.15) is 0 Å². The number of hydrogen-bond acceptors (Lipinski definition) is 10. The van der Waals surface area contributed by atoms with Crippen LogP contribution in [-0.4, -0.2) is 57.8 Å². The molecule has 208 valence electrons. The van der Waals surface area contributed by atoms with Crippen molar-refractivity contribution in [2.75, 3.05) is 24.8 Å². The molecule has 1 aliphatic heterocycles. The lowest BCUT2D eigenvalue weighted by Crippen LogP contribution is -2.46. The summed E-state index contributed by atoms with van der Waals surface area (Å²) < 4.78 is 10.1. The number of methoxy groups -OCH3 is 1. The monoisotopic (exact) mass is 546 g/mol. The number of rotatable bonds is 5. The highest BCUT2D eigenvalue weighted by atomic mass is 35.5. The van der Waals surface area contributed by atoms with Gasteiger partial charge in [0.15, 0.2) is 5.82 Å². The highest BCUT2D eigenvalue weighted by molar-refractivity contribution is 6.30. The number of primary amides is 1. The smallest absolute Gasteiger partial charge is 0.394 e. The molecule has 0 spiro atoms. The first-order valence-corrected chi connectivity index (χ1v) is 13.4. The molecule has 1 saturated heterocycles. The second kappa shape index (κ2) is 13.7. The van der Waals surface area contributed by atoms with Gasteiger partial charge in [-0.15, -0.1) is 0 Å². The van der Waals surface area contributed by atoms with Crippen LogP contribution in [0.3, 0.4) is 0 Å². The number of hydrogen-bond donors (Lipinski definition) is 4. The quantitative estimate of drug-likeness (QED) is 0.302. The summed E-state index contributed by atoms with van der Waals surface area (Å²) in [5.74, 6) is 1.53. The Labute approximate surface area is 229 Å². The van der Waals surface area contributed by atoms with Gasteiger partial charge in [0.1, 0.15) is 11.4 Å². The molecule has 3 heterocycles. The molecule has 2 aliphatic rings. The molecule has 12 heteroatoms. The van der Waals surface area contributed by atoms with Crippen molar-refractivity contribution in [1.29, 1.82) is 5.41 Å². The number of anilines is 2.